The number of hydrogen-bond donors (Lipinski definition) is 1. The molecule has 1 spiro atoms. The number of carbonyl (C=O) groups is 2. The van der Waals surface area contributed by atoms with Crippen molar-refractivity contribution in [3.05, 3.63) is 23.8 Å². The van der Waals surface area contributed by atoms with Gasteiger partial charge < -0.3 is 19.2 Å². The minimum Gasteiger partial charge on any atom is -0.475 e. The minimum atomic E-state index is -1.95. The van der Waals surface area contributed by atoms with Gasteiger partial charge in [-0.1, -0.05) is 20.8 Å². The summed E-state index contributed by atoms with van der Waals surface area (Å²) in [7, 11) is -0.624. The largest absolute Gasteiger partial charge is 0.475 e. The molecule has 1 fully saturated rings. The molecular formula is C20H29NO5Si. The van der Waals surface area contributed by atoms with Gasteiger partial charge >= 0.3 is 5.97 Å². The molecule has 1 N–H and O–H groups in total. The van der Waals surface area contributed by atoms with Crippen LogP contribution in [0.3, 0.4) is 0 Å². The van der Waals surface area contributed by atoms with E-state index in [1.807, 2.05) is 0 Å². The van der Waals surface area contributed by atoms with Crippen molar-refractivity contribution in [2.75, 3.05) is 12.4 Å². The first-order valence-corrected chi connectivity index (χ1v) is 12.1. The van der Waals surface area contributed by atoms with E-state index < -0.39 is 19.9 Å². The number of methoxy groups -OCH3 is 1. The Morgan fingerprint density at radius 2 is 1.89 bits per heavy atom. The van der Waals surface area contributed by atoms with Crippen LogP contribution in [0.4, 0.5) is 5.69 Å². The maximum absolute atomic E-state index is 12.8. The number of carbonyl (C=O) groups excluding carboxylic acids is 2. The lowest BCUT2D eigenvalue weighted by molar-refractivity contribution is -0.170. The highest BCUT2D eigenvalue weighted by Crippen LogP contribution is 2.53. The predicted octanol–water partition coefficient (Wildman–Crippen LogP) is 4.12. The van der Waals surface area contributed by atoms with Crippen molar-refractivity contribution in [1.29, 1.82) is 0 Å². The molecule has 0 atom stereocenters. The van der Waals surface area contributed by atoms with E-state index in [0.29, 0.717) is 29.8 Å². The van der Waals surface area contributed by atoms with Crippen molar-refractivity contribution in [2.45, 2.75) is 69.9 Å². The molecule has 27 heavy (non-hydrogen) atoms. The van der Waals surface area contributed by atoms with Gasteiger partial charge in [-0.3, -0.25) is 4.79 Å². The van der Waals surface area contributed by atoms with Gasteiger partial charge in [0, 0.05) is 12.8 Å². The second kappa shape index (κ2) is 6.07. The Morgan fingerprint density at radius 3 is 2.44 bits per heavy atom. The van der Waals surface area contributed by atoms with Gasteiger partial charge in [-0.25, -0.2) is 4.79 Å². The third-order valence-electron chi connectivity index (χ3n) is 5.99. The molecule has 148 valence electrons. The number of fused-ring (bicyclic) bond motifs is 1. The number of ether oxygens (including phenoxy) is 2. The van der Waals surface area contributed by atoms with Gasteiger partial charge in [-0.05, 0) is 43.3 Å². The number of anilines is 1. The van der Waals surface area contributed by atoms with Crippen molar-refractivity contribution < 1.29 is 23.5 Å². The Morgan fingerprint density at radius 1 is 1.26 bits per heavy atom. The summed E-state index contributed by atoms with van der Waals surface area (Å²) in [5.74, 6) is -0.0729. The molecule has 1 aromatic carbocycles. The maximum Gasteiger partial charge on any atom is 0.337 e. The molecule has 0 bridgehead atoms. The molecule has 1 aliphatic carbocycles. The van der Waals surface area contributed by atoms with E-state index in [0.717, 1.165) is 0 Å². The molecule has 7 heteroatoms. The maximum atomic E-state index is 12.8. The van der Waals surface area contributed by atoms with E-state index in [1.54, 1.807) is 18.2 Å². The molecule has 1 amide bonds. The van der Waals surface area contributed by atoms with Crippen molar-refractivity contribution in [3.8, 4) is 5.75 Å². The highest BCUT2D eigenvalue weighted by atomic mass is 28.4. The summed E-state index contributed by atoms with van der Waals surface area (Å²) >= 11 is 0. The van der Waals surface area contributed by atoms with Crippen LogP contribution in [-0.2, 0) is 14.0 Å². The Kier molecular flexibility index (Phi) is 4.47. The molecule has 2 aliphatic rings. The van der Waals surface area contributed by atoms with E-state index in [1.165, 1.54) is 7.11 Å². The van der Waals surface area contributed by atoms with Crippen molar-refractivity contribution in [2.24, 2.45) is 0 Å². The molecule has 0 saturated heterocycles. The van der Waals surface area contributed by atoms with E-state index in [2.05, 4.69) is 46.1 Å². The quantitative estimate of drug-likeness (QED) is 0.620. The van der Waals surface area contributed by atoms with Crippen molar-refractivity contribution in [3.63, 3.8) is 0 Å². The minimum absolute atomic E-state index is 0.103. The monoisotopic (exact) mass is 391 g/mol. The van der Waals surface area contributed by atoms with E-state index in [-0.39, 0.29) is 16.5 Å². The Balaban J connectivity index is 1.77. The van der Waals surface area contributed by atoms with Gasteiger partial charge in [0.15, 0.2) is 13.9 Å². The second-order valence-electron chi connectivity index (χ2n) is 9.42. The number of rotatable bonds is 3. The first-order chi connectivity index (χ1) is 12.3. The predicted molar refractivity (Wildman–Crippen MR) is 106 cm³/mol. The van der Waals surface area contributed by atoms with Gasteiger partial charge in [0.1, 0.15) is 5.75 Å². The fraction of sp³-hybridized carbons (Fsp3) is 0.600. The fourth-order valence-corrected chi connectivity index (χ4v) is 5.37. The zero-order valence-corrected chi connectivity index (χ0v) is 18.2. The van der Waals surface area contributed by atoms with Crippen LogP contribution in [-0.4, -0.2) is 38.5 Å². The summed E-state index contributed by atoms with van der Waals surface area (Å²) in [5, 5.41) is 2.99. The van der Waals surface area contributed by atoms with Gasteiger partial charge in [0.25, 0.3) is 5.91 Å². The summed E-state index contributed by atoms with van der Waals surface area (Å²) in [6, 6.07) is 4.92. The number of esters is 1. The lowest BCUT2D eigenvalue weighted by Crippen LogP contribution is -2.68. The first-order valence-electron chi connectivity index (χ1n) is 9.24. The van der Waals surface area contributed by atoms with Crippen LogP contribution in [0.15, 0.2) is 18.2 Å². The zero-order chi connectivity index (χ0) is 20.3. The first kappa shape index (κ1) is 19.9. The van der Waals surface area contributed by atoms with Gasteiger partial charge in [-0.2, -0.15) is 0 Å². The fourth-order valence-electron chi connectivity index (χ4n) is 3.68. The molecule has 0 aromatic heterocycles. The molecule has 1 aliphatic heterocycles. The molecule has 1 heterocycles. The summed E-state index contributed by atoms with van der Waals surface area (Å²) in [5.41, 5.74) is -0.413. The normalized spacial score (nSPS) is 27.3. The summed E-state index contributed by atoms with van der Waals surface area (Å²) in [4.78, 5) is 24.5. The standard InChI is InChI=1S/C20H29NO5Si/c1-18(2,3)27(6,7)26-19(4)11-20(12-19)17(23)21-14-10-13(16(22)24-5)8-9-15(14)25-20/h8-10H,11-12H2,1-7H3,(H,21,23). The molecule has 1 saturated carbocycles. The molecule has 0 radical (unpaired) electrons. The molecule has 1 aromatic rings. The number of nitrogens with one attached hydrogen (secondary N) is 1. The van der Waals surface area contributed by atoms with Crippen LogP contribution in [0.2, 0.25) is 18.1 Å². The van der Waals surface area contributed by atoms with Crippen LogP contribution in [0, 0.1) is 0 Å². The highest BCUT2D eigenvalue weighted by molar-refractivity contribution is 6.74. The van der Waals surface area contributed by atoms with Gasteiger partial charge in [0.05, 0.1) is 24.0 Å². The zero-order valence-electron chi connectivity index (χ0n) is 17.2. The Labute approximate surface area is 161 Å². The molecule has 6 nitrogen and oxygen atoms in total. The molecule has 0 unspecified atom stereocenters. The summed E-state index contributed by atoms with van der Waals surface area (Å²) < 4.78 is 17.4. The number of amides is 1. The number of hydrogen-bond acceptors (Lipinski definition) is 5. The van der Waals surface area contributed by atoms with E-state index in [9.17, 15) is 9.59 Å². The molecule has 3 rings (SSSR count). The molecular weight excluding hydrogens is 362 g/mol. The van der Waals surface area contributed by atoms with E-state index >= 15 is 0 Å². The second-order valence-corrected chi connectivity index (χ2v) is 14.1. The topological polar surface area (TPSA) is 73.9 Å². The Bertz CT molecular complexity index is 790. The van der Waals surface area contributed by atoms with Crippen LogP contribution in [0.5, 0.6) is 5.75 Å². The lowest BCUT2D eigenvalue weighted by Gasteiger charge is -2.57. The smallest absolute Gasteiger partial charge is 0.337 e. The van der Waals surface area contributed by atoms with Crippen molar-refractivity contribution in [1.82, 2.24) is 0 Å². The SMILES string of the molecule is COC(=O)c1ccc2c(c1)NC(=O)C1(CC(C)(O[Si](C)(C)C(C)(C)C)C1)O2. The van der Waals surface area contributed by atoms with E-state index in [4.69, 9.17) is 13.9 Å². The van der Waals surface area contributed by atoms with Crippen LogP contribution in [0.25, 0.3) is 0 Å². The van der Waals surface area contributed by atoms with Crippen molar-refractivity contribution >= 4 is 25.9 Å². The Hall–Kier alpha value is -1.86. The average Bonchev–Trinajstić information content (AvgIpc) is 2.51. The van der Waals surface area contributed by atoms with Gasteiger partial charge in [0.2, 0.25) is 0 Å². The van der Waals surface area contributed by atoms with Gasteiger partial charge in [-0.15, -0.1) is 0 Å². The average molecular weight is 392 g/mol. The van der Waals surface area contributed by atoms with Crippen LogP contribution in [0.1, 0.15) is 50.9 Å². The third kappa shape index (κ3) is 3.38. The van der Waals surface area contributed by atoms with Crippen LogP contribution < -0.4 is 10.1 Å². The third-order valence-corrected chi connectivity index (χ3v) is 10.6. The summed E-state index contributed by atoms with van der Waals surface area (Å²) in [6.45, 7) is 13.1. The highest BCUT2D eigenvalue weighted by Gasteiger charge is 2.63. The van der Waals surface area contributed by atoms with Crippen LogP contribution >= 0.6 is 0 Å². The number of benzene rings is 1. The lowest BCUT2D eigenvalue weighted by atomic mass is 9.67. The summed E-state index contributed by atoms with van der Waals surface area (Å²) in [6.07, 6.45) is 1.02.